The highest BCUT2D eigenvalue weighted by Crippen LogP contribution is 2.18. The number of hydrogen-bond donors (Lipinski definition) is 8. The number of carbonyl (C=O) groups is 9. The first kappa shape index (κ1) is 76.4. The first-order chi connectivity index (χ1) is 50.3. The molecule has 0 atom stereocenters. The van der Waals surface area contributed by atoms with Gasteiger partial charge in [-0.3, -0.25) is 44.3 Å². The number of nitrogens with one attached hydrogen (secondary N) is 2. The number of aromatic carboxylic acids is 6. The van der Waals surface area contributed by atoms with E-state index < -0.39 is 35.8 Å². The zero-order valence-electron chi connectivity index (χ0n) is 54.6. The van der Waals surface area contributed by atoms with Crippen LogP contribution in [0.25, 0.3) is 0 Å². The third-order valence-electron chi connectivity index (χ3n) is 13.7. The lowest BCUT2D eigenvalue weighted by atomic mass is 10.0. The smallest absolute Gasteiger partial charge is 0.336 e. The highest BCUT2D eigenvalue weighted by Gasteiger charge is 2.14. The molecule has 0 saturated carbocycles. The average Bonchev–Trinajstić information content (AvgIpc) is 0.857. The molecule has 0 spiro atoms. The second kappa shape index (κ2) is 40.7. The van der Waals surface area contributed by atoms with Gasteiger partial charge < -0.3 is 55.5 Å². The number of anilines is 2. The Morgan fingerprint density at radius 2 is 0.702 bits per heavy atom. The number of pyridine rings is 6. The standard InChI is InChI=1S/2C13H10N2O3.C13H9NO3.3C13H11NO3/c16-12(9-5-7-14-8-6-9)15-11-3-1-10(2-4-11)13(17)18;16-12(11-3-1-2-8-14-11)15-10-6-4-9(5-7-10)13(17)18;15-12(10-5-7-14-8-6-10)9-1-3-11(4-2-9)13(16)17;15-13(16)11-4-1-3-10(7-11)9-17-12-5-2-6-14-8-12;15-13(16)11-5-3-10(4-6-11)9-17-12-2-1-7-14-8-12;15-13(16)12-6-2-1-4-10(12)9-17-11-5-3-7-14-8-11/h2*1-8H,(H,15,16)(H,17,18);1-8H,(H,16,17);3*1-8H,9H2,(H,15,16). The second-order valence-corrected chi connectivity index (χ2v) is 21.0. The van der Waals surface area contributed by atoms with Crippen LogP contribution in [-0.4, -0.2) is 114 Å². The summed E-state index contributed by atoms with van der Waals surface area (Å²) in [5.74, 6) is -4.60. The fraction of sp³-hybridized carbons (Fsp3) is 0.0385. The van der Waals surface area contributed by atoms with Crippen LogP contribution in [0.15, 0.2) is 293 Å². The van der Waals surface area contributed by atoms with Crippen LogP contribution in [0.1, 0.15) is 116 Å². The molecule has 26 heteroatoms. The minimum Gasteiger partial charge on any atom is -0.487 e. The van der Waals surface area contributed by atoms with Gasteiger partial charge in [-0.2, -0.15) is 0 Å². The van der Waals surface area contributed by atoms with Crippen LogP contribution in [0.5, 0.6) is 17.2 Å². The predicted octanol–water partition coefficient (Wildman–Crippen LogP) is 13.2. The summed E-state index contributed by atoms with van der Waals surface area (Å²) in [6.45, 7) is 0.937. The van der Waals surface area contributed by atoms with Crippen molar-refractivity contribution in [1.29, 1.82) is 0 Å². The molecule has 104 heavy (non-hydrogen) atoms. The Labute approximate surface area is 592 Å². The van der Waals surface area contributed by atoms with E-state index >= 15 is 0 Å². The third-order valence-corrected chi connectivity index (χ3v) is 13.7. The Hall–Kier alpha value is -15.0. The molecule has 0 aliphatic rings. The van der Waals surface area contributed by atoms with Gasteiger partial charge in [0.05, 0.1) is 52.0 Å². The van der Waals surface area contributed by atoms with Crippen molar-refractivity contribution in [1.82, 2.24) is 29.9 Å². The quantitative estimate of drug-likeness (QED) is 0.0310. The largest absolute Gasteiger partial charge is 0.487 e. The zero-order chi connectivity index (χ0) is 74.4. The van der Waals surface area contributed by atoms with Crippen molar-refractivity contribution >= 4 is 64.8 Å². The maximum Gasteiger partial charge on any atom is 0.336 e. The zero-order valence-corrected chi connectivity index (χ0v) is 54.6. The predicted molar refractivity (Wildman–Crippen MR) is 378 cm³/mol. The van der Waals surface area contributed by atoms with Crippen molar-refractivity contribution in [3.05, 3.63) is 365 Å². The molecule has 6 aromatic carbocycles. The lowest BCUT2D eigenvalue weighted by molar-refractivity contribution is 0.0683. The van der Waals surface area contributed by atoms with Crippen LogP contribution in [0.4, 0.5) is 11.4 Å². The number of ether oxygens (including phenoxy) is 3. The third kappa shape index (κ3) is 26.1. The lowest BCUT2D eigenvalue weighted by Gasteiger charge is -2.07. The van der Waals surface area contributed by atoms with Gasteiger partial charge in [0, 0.05) is 83.2 Å². The van der Waals surface area contributed by atoms with Crippen molar-refractivity contribution in [3.8, 4) is 17.2 Å². The number of aromatic nitrogens is 6. The van der Waals surface area contributed by atoms with Gasteiger partial charge in [-0.05, 0) is 175 Å². The Kier molecular flexibility index (Phi) is 29.9. The van der Waals surface area contributed by atoms with E-state index in [0.29, 0.717) is 69.8 Å². The summed E-state index contributed by atoms with van der Waals surface area (Å²) >= 11 is 0. The van der Waals surface area contributed by atoms with Crippen molar-refractivity contribution in [2.45, 2.75) is 19.8 Å². The van der Waals surface area contributed by atoms with E-state index in [2.05, 4.69) is 40.5 Å². The first-order valence-corrected chi connectivity index (χ1v) is 30.7. The molecule has 6 heterocycles. The fourth-order valence-corrected chi connectivity index (χ4v) is 8.41. The number of carboxylic acid groups (broad SMARTS) is 6. The maximum absolute atomic E-state index is 12.0. The SMILES string of the molecule is O=C(O)c1ccc(C(=O)c2ccncc2)cc1.O=C(O)c1ccc(COc2cccnc2)cc1.O=C(O)c1ccc(NC(=O)c2ccccn2)cc1.O=C(O)c1ccc(NC(=O)c2ccncc2)cc1.O=C(O)c1cccc(COc2cccnc2)c1.O=C(O)c1ccccc1COc1cccnc1. The average molecular weight is 1400 g/mol. The van der Waals surface area contributed by atoms with Gasteiger partial charge in [-0.1, -0.05) is 60.7 Å². The number of ketones is 1. The van der Waals surface area contributed by atoms with E-state index in [1.807, 2.05) is 12.1 Å². The summed E-state index contributed by atoms with van der Waals surface area (Å²) < 4.78 is 16.4. The van der Waals surface area contributed by atoms with E-state index in [4.69, 9.17) is 44.8 Å². The summed E-state index contributed by atoms with van der Waals surface area (Å²) in [5, 5.41) is 58.1. The summed E-state index contributed by atoms with van der Waals surface area (Å²) in [7, 11) is 0. The number of nitrogens with zero attached hydrogens (tertiary/aromatic N) is 6. The van der Waals surface area contributed by atoms with E-state index in [1.165, 1.54) is 79.3 Å². The molecule has 0 bridgehead atoms. The molecule has 522 valence electrons. The van der Waals surface area contributed by atoms with Crippen molar-refractivity contribution in [2.75, 3.05) is 10.6 Å². The summed E-state index contributed by atoms with van der Waals surface area (Å²) in [6.07, 6.45) is 17.5. The van der Waals surface area contributed by atoms with Gasteiger partial charge in [0.1, 0.15) is 42.8 Å². The number of benzene rings is 6. The molecule has 0 radical (unpaired) electrons. The molecular weight excluding hydrogens is 1340 g/mol. The Morgan fingerprint density at radius 1 is 0.298 bits per heavy atom. The van der Waals surface area contributed by atoms with Crippen LogP contribution < -0.4 is 24.8 Å². The molecule has 26 nitrogen and oxygen atoms in total. The normalized spacial score (nSPS) is 9.85. The molecule has 12 rings (SSSR count). The number of amides is 2. The van der Waals surface area contributed by atoms with E-state index in [0.717, 1.165) is 11.1 Å². The van der Waals surface area contributed by atoms with Crippen LogP contribution in [0.3, 0.4) is 0 Å². The van der Waals surface area contributed by atoms with E-state index in [9.17, 15) is 43.2 Å². The van der Waals surface area contributed by atoms with Gasteiger partial charge in [0.25, 0.3) is 11.8 Å². The summed E-state index contributed by atoms with van der Waals surface area (Å²) in [4.78, 5) is 123. The van der Waals surface area contributed by atoms with Crippen LogP contribution in [0, 0.1) is 0 Å². The van der Waals surface area contributed by atoms with Gasteiger partial charge in [-0.15, -0.1) is 0 Å². The molecule has 0 saturated heterocycles. The van der Waals surface area contributed by atoms with E-state index in [-0.39, 0.29) is 57.6 Å². The molecule has 8 N–H and O–H groups in total. The topological polar surface area (TPSA) is 404 Å². The van der Waals surface area contributed by atoms with Crippen molar-refractivity contribution in [2.24, 2.45) is 0 Å². The highest BCUT2D eigenvalue weighted by molar-refractivity contribution is 6.09. The van der Waals surface area contributed by atoms with Crippen molar-refractivity contribution in [3.63, 3.8) is 0 Å². The summed E-state index contributed by atoms with van der Waals surface area (Å²) in [5.41, 5.74) is 6.54. The van der Waals surface area contributed by atoms with Gasteiger partial charge in [0.2, 0.25) is 0 Å². The Bertz CT molecular complexity index is 4660. The molecular formula is C78H62N8O18. The van der Waals surface area contributed by atoms with Gasteiger partial charge in [0.15, 0.2) is 5.78 Å². The monoisotopic (exact) mass is 1400 g/mol. The molecule has 2 amide bonds. The van der Waals surface area contributed by atoms with Crippen LogP contribution in [-0.2, 0) is 19.8 Å². The number of carboxylic acids is 6. The number of hydrogen-bond acceptors (Lipinski definition) is 18. The van der Waals surface area contributed by atoms with Gasteiger partial charge >= 0.3 is 35.8 Å². The lowest BCUT2D eigenvalue weighted by Crippen LogP contribution is -2.13. The molecule has 0 unspecified atom stereocenters. The molecule has 0 fully saturated rings. The molecule has 0 aliphatic heterocycles. The number of rotatable bonds is 21. The molecule has 6 aromatic heterocycles. The molecule has 0 aliphatic carbocycles. The Morgan fingerprint density at radius 3 is 1.14 bits per heavy atom. The van der Waals surface area contributed by atoms with E-state index in [1.54, 1.807) is 201 Å². The second-order valence-electron chi connectivity index (χ2n) is 21.0. The summed E-state index contributed by atoms with van der Waals surface area (Å²) in [6, 6.07) is 59.9. The number of carbonyl (C=O) groups excluding carboxylic acids is 3. The maximum atomic E-state index is 12.0. The minimum atomic E-state index is -1.01. The van der Waals surface area contributed by atoms with Crippen LogP contribution in [0.2, 0.25) is 0 Å². The Balaban J connectivity index is 0.000000175. The minimum absolute atomic E-state index is 0.149. The van der Waals surface area contributed by atoms with Crippen molar-refractivity contribution < 1.29 is 88.0 Å². The van der Waals surface area contributed by atoms with Crippen LogP contribution >= 0.6 is 0 Å². The van der Waals surface area contributed by atoms with Gasteiger partial charge in [-0.25, -0.2) is 28.8 Å². The first-order valence-electron chi connectivity index (χ1n) is 30.7. The highest BCUT2D eigenvalue weighted by atomic mass is 16.5. The fourth-order valence-electron chi connectivity index (χ4n) is 8.41. The molecule has 12 aromatic rings.